The molecule has 5 nitrogen and oxygen atoms in total. The highest BCUT2D eigenvalue weighted by Crippen LogP contribution is 2.31. The van der Waals surface area contributed by atoms with Crippen molar-refractivity contribution in [3.05, 3.63) is 71.3 Å². The van der Waals surface area contributed by atoms with Crippen molar-refractivity contribution < 1.29 is 24.5 Å². The van der Waals surface area contributed by atoms with E-state index in [1.54, 1.807) is 24.3 Å². The number of phenols is 2. The van der Waals surface area contributed by atoms with E-state index in [4.69, 9.17) is 9.47 Å². The largest absolute Gasteiger partial charge is 0.508 e. The number of carbonyl (C=O) groups is 1. The maximum atomic E-state index is 11.8. The van der Waals surface area contributed by atoms with Crippen LogP contribution in [0.3, 0.4) is 0 Å². The van der Waals surface area contributed by atoms with Crippen LogP contribution < -0.4 is 0 Å². The van der Waals surface area contributed by atoms with Crippen LogP contribution >= 0.6 is 0 Å². The molecule has 0 aromatic heterocycles. The summed E-state index contributed by atoms with van der Waals surface area (Å²) in [6.07, 6.45) is 6.38. The molecule has 0 unspecified atom stereocenters. The van der Waals surface area contributed by atoms with Gasteiger partial charge in [0.15, 0.2) is 0 Å². The summed E-state index contributed by atoms with van der Waals surface area (Å²) < 4.78 is 10.9. The molecule has 2 N–H and O–H groups in total. The van der Waals surface area contributed by atoms with Crippen molar-refractivity contribution in [3.8, 4) is 11.5 Å². The average molecular weight is 354 g/mol. The lowest BCUT2D eigenvalue weighted by atomic mass is 9.99. The van der Waals surface area contributed by atoms with Gasteiger partial charge >= 0.3 is 5.97 Å². The van der Waals surface area contributed by atoms with Crippen molar-refractivity contribution in [2.24, 2.45) is 0 Å². The van der Waals surface area contributed by atoms with Gasteiger partial charge in [-0.2, -0.15) is 0 Å². The maximum absolute atomic E-state index is 11.8. The normalized spacial score (nSPS) is 19.3. The molecule has 1 aliphatic heterocycles. The van der Waals surface area contributed by atoms with Crippen LogP contribution in [-0.4, -0.2) is 29.4 Å². The number of hydrogen-bond acceptors (Lipinski definition) is 5. The first kappa shape index (κ1) is 18.0. The van der Waals surface area contributed by atoms with Crippen LogP contribution in [0.2, 0.25) is 0 Å². The predicted molar refractivity (Wildman–Crippen MR) is 97.2 cm³/mol. The first-order valence-corrected chi connectivity index (χ1v) is 8.58. The van der Waals surface area contributed by atoms with Gasteiger partial charge in [-0.15, -0.1) is 0 Å². The average Bonchev–Trinajstić information content (AvgIpc) is 2.67. The predicted octanol–water partition coefficient (Wildman–Crippen LogP) is 3.90. The second-order valence-electron chi connectivity index (χ2n) is 6.32. The Labute approximate surface area is 152 Å². The lowest BCUT2D eigenvalue weighted by molar-refractivity contribution is 0.000682. The minimum Gasteiger partial charge on any atom is -0.508 e. The molecule has 1 aliphatic rings. The maximum Gasteiger partial charge on any atom is 0.341 e. The monoisotopic (exact) mass is 354 g/mol. The van der Waals surface area contributed by atoms with E-state index >= 15 is 0 Å². The van der Waals surface area contributed by atoms with E-state index in [0.29, 0.717) is 0 Å². The molecule has 0 saturated heterocycles. The van der Waals surface area contributed by atoms with Gasteiger partial charge in [-0.25, -0.2) is 4.79 Å². The Kier molecular flexibility index (Phi) is 5.58. The molecule has 2 aromatic rings. The highest BCUT2D eigenvalue weighted by Gasteiger charge is 2.22. The highest BCUT2D eigenvalue weighted by molar-refractivity contribution is 5.92. The fourth-order valence-electron chi connectivity index (χ4n) is 3.03. The fourth-order valence-corrected chi connectivity index (χ4v) is 3.03. The Bertz CT molecular complexity index is 795. The van der Waals surface area contributed by atoms with E-state index in [1.807, 2.05) is 18.2 Å². The quantitative estimate of drug-likeness (QED) is 0.629. The van der Waals surface area contributed by atoms with E-state index in [1.165, 1.54) is 13.2 Å². The standard InChI is InChI=1S/C21H22O5/c1-25-21(24)18-13-15(8-12-19(18)23)20-4-2-3-17(26-20)11-7-14-5-9-16(22)10-6-14/h2,4-6,8-10,12-13,17,20,22-23H,3,7,11H2,1H3/t17-,20-/m1/s1. The zero-order chi connectivity index (χ0) is 18.5. The van der Waals surface area contributed by atoms with Gasteiger partial charge in [0.2, 0.25) is 0 Å². The van der Waals surface area contributed by atoms with Crippen LogP contribution in [0.1, 0.15) is 40.4 Å². The number of benzene rings is 2. The SMILES string of the molecule is COC(=O)c1cc([C@H]2C=CC[C@H](CCc3ccc(O)cc3)O2)ccc1O. The van der Waals surface area contributed by atoms with Crippen molar-refractivity contribution in [1.29, 1.82) is 0 Å². The van der Waals surface area contributed by atoms with Gasteiger partial charge in [0.25, 0.3) is 0 Å². The van der Waals surface area contributed by atoms with Crippen LogP contribution in [0.15, 0.2) is 54.6 Å². The van der Waals surface area contributed by atoms with E-state index in [0.717, 1.165) is 30.4 Å². The number of rotatable bonds is 5. The molecule has 2 atom stereocenters. The van der Waals surface area contributed by atoms with Crippen LogP contribution in [0.4, 0.5) is 0 Å². The van der Waals surface area contributed by atoms with Crippen molar-refractivity contribution in [1.82, 2.24) is 0 Å². The van der Waals surface area contributed by atoms with Crippen molar-refractivity contribution in [3.63, 3.8) is 0 Å². The molecule has 1 heterocycles. The minimum absolute atomic E-state index is 0.0641. The molecule has 0 saturated carbocycles. The number of aryl methyl sites for hydroxylation is 1. The minimum atomic E-state index is -0.576. The van der Waals surface area contributed by atoms with Crippen LogP contribution in [0, 0.1) is 0 Å². The molecule has 26 heavy (non-hydrogen) atoms. The molecule has 0 aliphatic carbocycles. The van der Waals surface area contributed by atoms with Gasteiger partial charge in [0, 0.05) is 0 Å². The third-order valence-corrected chi connectivity index (χ3v) is 4.49. The molecule has 0 amide bonds. The van der Waals surface area contributed by atoms with Gasteiger partial charge in [-0.05, 0) is 54.7 Å². The molecule has 2 aromatic carbocycles. The third kappa shape index (κ3) is 4.24. The van der Waals surface area contributed by atoms with Crippen molar-refractivity contribution in [2.45, 2.75) is 31.5 Å². The molecular formula is C21H22O5. The first-order chi connectivity index (χ1) is 12.6. The van der Waals surface area contributed by atoms with Crippen LogP contribution in [0.5, 0.6) is 11.5 Å². The van der Waals surface area contributed by atoms with Gasteiger partial charge < -0.3 is 19.7 Å². The second kappa shape index (κ2) is 8.06. The number of ether oxygens (including phenoxy) is 2. The van der Waals surface area contributed by atoms with E-state index < -0.39 is 5.97 Å². The van der Waals surface area contributed by atoms with E-state index in [-0.39, 0.29) is 29.3 Å². The van der Waals surface area contributed by atoms with Gasteiger partial charge in [0.1, 0.15) is 23.2 Å². The summed E-state index contributed by atoms with van der Waals surface area (Å²) >= 11 is 0. The Morgan fingerprint density at radius 2 is 1.96 bits per heavy atom. The fraction of sp³-hybridized carbons (Fsp3) is 0.286. The number of carbonyl (C=O) groups excluding carboxylic acids is 1. The van der Waals surface area contributed by atoms with E-state index in [2.05, 4.69) is 6.08 Å². The first-order valence-electron chi connectivity index (χ1n) is 8.58. The molecule has 136 valence electrons. The Morgan fingerprint density at radius 3 is 2.69 bits per heavy atom. The van der Waals surface area contributed by atoms with Gasteiger partial charge in [-0.3, -0.25) is 0 Å². The van der Waals surface area contributed by atoms with Gasteiger partial charge in [0.05, 0.1) is 13.2 Å². The number of methoxy groups -OCH3 is 1. The topological polar surface area (TPSA) is 76.0 Å². The number of phenolic OH excluding ortho intramolecular Hbond substituents is 2. The molecule has 3 rings (SSSR count). The van der Waals surface area contributed by atoms with Gasteiger partial charge in [-0.1, -0.05) is 30.4 Å². The summed E-state index contributed by atoms with van der Waals surface area (Å²) in [6, 6.07) is 12.0. The number of esters is 1. The number of hydrogen-bond donors (Lipinski definition) is 2. The van der Waals surface area contributed by atoms with Crippen LogP contribution in [-0.2, 0) is 15.9 Å². The van der Waals surface area contributed by atoms with Crippen molar-refractivity contribution in [2.75, 3.05) is 7.11 Å². The highest BCUT2D eigenvalue weighted by atomic mass is 16.5. The summed E-state index contributed by atoms with van der Waals surface area (Å²) in [5, 5.41) is 19.2. The lowest BCUT2D eigenvalue weighted by Gasteiger charge is -2.26. The lowest BCUT2D eigenvalue weighted by Crippen LogP contribution is -2.20. The van der Waals surface area contributed by atoms with Crippen molar-refractivity contribution >= 4 is 5.97 Å². The second-order valence-corrected chi connectivity index (χ2v) is 6.32. The summed E-state index contributed by atoms with van der Waals surface area (Å²) in [5.41, 5.74) is 2.08. The third-order valence-electron chi connectivity index (χ3n) is 4.49. The Balaban J connectivity index is 1.66. The summed E-state index contributed by atoms with van der Waals surface area (Å²) in [5.74, 6) is -0.420. The zero-order valence-corrected chi connectivity index (χ0v) is 14.6. The zero-order valence-electron chi connectivity index (χ0n) is 14.6. The summed E-state index contributed by atoms with van der Waals surface area (Å²) in [4.78, 5) is 11.8. The molecule has 5 heteroatoms. The Morgan fingerprint density at radius 1 is 1.19 bits per heavy atom. The molecule has 0 fully saturated rings. The Hall–Kier alpha value is -2.79. The molecule has 0 spiro atoms. The van der Waals surface area contributed by atoms with E-state index in [9.17, 15) is 15.0 Å². The molecular weight excluding hydrogens is 332 g/mol. The molecule has 0 radical (unpaired) electrons. The summed E-state index contributed by atoms with van der Waals surface area (Å²) in [7, 11) is 1.28. The van der Waals surface area contributed by atoms with Crippen LogP contribution in [0.25, 0.3) is 0 Å². The number of aromatic hydroxyl groups is 2. The molecule has 0 bridgehead atoms. The summed E-state index contributed by atoms with van der Waals surface area (Å²) in [6.45, 7) is 0. The smallest absolute Gasteiger partial charge is 0.341 e.